The fourth-order valence-electron chi connectivity index (χ4n) is 3.34. The number of rotatable bonds is 6. The predicted octanol–water partition coefficient (Wildman–Crippen LogP) is 4.63. The third-order valence-corrected chi connectivity index (χ3v) is 5.87. The first-order valence-electron chi connectivity index (χ1n) is 9.87. The van der Waals surface area contributed by atoms with Crippen molar-refractivity contribution in [2.45, 2.75) is 6.92 Å². The average Bonchev–Trinajstić information content (AvgIpc) is 3.34. The molecular formula is C24H18N2O6S. The van der Waals surface area contributed by atoms with Gasteiger partial charge in [0.2, 0.25) is 5.91 Å². The summed E-state index contributed by atoms with van der Waals surface area (Å²) in [5, 5.41) is 11.4. The fourth-order valence-corrected chi connectivity index (χ4v) is 4.16. The zero-order valence-electron chi connectivity index (χ0n) is 17.4. The van der Waals surface area contributed by atoms with Crippen molar-refractivity contribution >= 4 is 46.5 Å². The van der Waals surface area contributed by atoms with Gasteiger partial charge in [-0.1, -0.05) is 30.3 Å². The summed E-state index contributed by atoms with van der Waals surface area (Å²) >= 11 is 0.720. The van der Waals surface area contributed by atoms with E-state index in [9.17, 15) is 24.3 Å². The van der Waals surface area contributed by atoms with Crippen LogP contribution in [0.2, 0.25) is 0 Å². The summed E-state index contributed by atoms with van der Waals surface area (Å²) in [5.41, 5.74) is 1.90. The molecule has 0 atom stereocenters. The molecule has 1 aromatic heterocycles. The molecular weight excluding hydrogens is 444 g/mol. The lowest BCUT2D eigenvalue weighted by Gasteiger charge is -2.12. The monoisotopic (exact) mass is 462 g/mol. The van der Waals surface area contributed by atoms with Crippen LogP contribution >= 0.6 is 11.8 Å². The molecule has 0 radical (unpaired) electrons. The molecule has 2 heterocycles. The van der Waals surface area contributed by atoms with Crippen molar-refractivity contribution < 1.29 is 28.7 Å². The molecule has 2 aromatic carbocycles. The summed E-state index contributed by atoms with van der Waals surface area (Å²) < 4.78 is 5.78. The van der Waals surface area contributed by atoms with E-state index in [0.717, 1.165) is 16.7 Å². The number of furan rings is 1. The first kappa shape index (κ1) is 22.1. The van der Waals surface area contributed by atoms with Gasteiger partial charge >= 0.3 is 5.97 Å². The number of imide groups is 1. The lowest BCUT2D eigenvalue weighted by Crippen LogP contribution is -2.36. The van der Waals surface area contributed by atoms with Crippen molar-refractivity contribution in [1.82, 2.24) is 4.90 Å². The number of carbonyl (C=O) groups is 4. The van der Waals surface area contributed by atoms with E-state index in [1.165, 1.54) is 12.1 Å². The molecule has 2 N–H and O–H groups in total. The molecule has 1 fully saturated rings. The largest absolute Gasteiger partial charge is 0.478 e. The van der Waals surface area contributed by atoms with Crippen molar-refractivity contribution in [2.75, 3.05) is 11.9 Å². The van der Waals surface area contributed by atoms with Gasteiger partial charge in [0.05, 0.1) is 10.5 Å². The van der Waals surface area contributed by atoms with Crippen molar-refractivity contribution in [1.29, 1.82) is 0 Å². The SMILES string of the molecule is Cc1c(C(=O)O)cccc1-c1ccc(/C=C2/SC(=O)N(CC(=O)Nc3ccccc3)C2=O)o1. The van der Waals surface area contributed by atoms with Crippen LogP contribution in [0.25, 0.3) is 17.4 Å². The van der Waals surface area contributed by atoms with Gasteiger partial charge in [0.15, 0.2) is 0 Å². The minimum absolute atomic E-state index is 0.129. The molecule has 1 saturated heterocycles. The van der Waals surface area contributed by atoms with Gasteiger partial charge in [-0.3, -0.25) is 19.3 Å². The smallest absolute Gasteiger partial charge is 0.335 e. The summed E-state index contributed by atoms with van der Waals surface area (Å²) in [4.78, 5) is 49.6. The normalized spacial score (nSPS) is 14.7. The number of aromatic carboxylic acids is 1. The zero-order chi connectivity index (χ0) is 23.5. The van der Waals surface area contributed by atoms with E-state index in [4.69, 9.17) is 4.42 Å². The number of nitrogens with one attached hydrogen (secondary N) is 1. The Labute approximate surface area is 192 Å². The molecule has 9 heteroatoms. The number of amides is 3. The van der Waals surface area contributed by atoms with Crippen LogP contribution in [0.4, 0.5) is 10.5 Å². The molecule has 1 aliphatic rings. The molecule has 0 bridgehead atoms. The van der Waals surface area contributed by atoms with Crippen LogP contribution in [0.5, 0.6) is 0 Å². The molecule has 8 nitrogen and oxygen atoms in total. The van der Waals surface area contributed by atoms with Gasteiger partial charge in [-0.2, -0.15) is 0 Å². The number of carbonyl (C=O) groups excluding carboxylic acids is 3. The maximum Gasteiger partial charge on any atom is 0.335 e. The van der Waals surface area contributed by atoms with Gasteiger partial charge in [-0.15, -0.1) is 0 Å². The Bertz CT molecular complexity index is 1300. The lowest BCUT2D eigenvalue weighted by molar-refractivity contribution is -0.127. The number of hydrogen-bond donors (Lipinski definition) is 2. The van der Waals surface area contributed by atoms with Gasteiger partial charge in [0.25, 0.3) is 11.1 Å². The number of benzene rings is 2. The van der Waals surface area contributed by atoms with E-state index in [2.05, 4.69) is 5.32 Å². The minimum atomic E-state index is -1.04. The molecule has 0 saturated carbocycles. The highest BCUT2D eigenvalue weighted by Gasteiger charge is 2.36. The average molecular weight is 462 g/mol. The van der Waals surface area contributed by atoms with Crippen LogP contribution in [0, 0.1) is 6.92 Å². The van der Waals surface area contributed by atoms with Gasteiger partial charge in [0, 0.05) is 17.3 Å². The molecule has 0 spiro atoms. The number of carboxylic acids is 1. The highest BCUT2D eigenvalue weighted by atomic mass is 32.2. The van der Waals surface area contributed by atoms with Crippen LogP contribution in [0.3, 0.4) is 0 Å². The Hall–Kier alpha value is -4.11. The van der Waals surface area contributed by atoms with Crippen molar-refractivity contribution in [3.8, 4) is 11.3 Å². The van der Waals surface area contributed by atoms with Crippen LogP contribution in [-0.2, 0) is 9.59 Å². The number of para-hydroxylation sites is 1. The highest BCUT2D eigenvalue weighted by Crippen LogP contribution is 2.34. The summed E-state index contributed by atoms with van der Waals surface area (Å²) in [5.74, 6) is -1.35. The topological polar surface area (TPSA) is 117 Å². The van der Waals surface area contributed by atoms with Gasteiger partial charge < -0.3 is 14.8 Å². The standard InChI is InChI=1S/C24H18N2O6S/c1-14-17(8-5-9-18(14)23(29)30)19-11-10-16(32-19)12-20-22(28)26(24(31)33-20)13-21(27)25-15-6-3-2-4-7-15/h2-12H,13H2,1H3,(H,25,27)(H,29,30)/b20-12+. The Morgan fingerprint density at radius 2 is 1.82 bits per heavy atom. The molecule has 33 heavy (non-hydrogen) atoms. The second kappa shape index (κ2) is 9.17. The van der Waals surface area contributed by atoms with Crippen LogP contribution in [-0.4, -0.2) is 39.6 Å². The van der Waals surface area contributed by atoms with E-state index in [-0.39, 0.29) is 10.5 Å². The lowest BCUT2D eigenvalue weighted by atomic mass is 10.0. The summed E-state index contributed by atoms with van der Waals surface area (Å²) in [6.45, 7) is 1.29. The zero-order valence-corrected chi connectivity index (χ0v) is 18.2. The molecule has 3 aromatic rings. The van der Waals surface area contributed by atoms with Crippen molar-refractivity contribution in [3.63, 3.8) is 0 Å². The molecule has 3 amide bonds. The number of anilines is 1. The number of hydrogen-bond acceptors (Lipinski definition) is 6. The Kier molecular flexibility index (Phi) is 6.14. The fraction of sp³-hybridized carbons (Fsp3) is 0.0833. The Morgan fingerprint density at radius 3 is 2.55 bits per heavy atom. The molecule has 0 aliphatic carbocycles. The number of thioether (sulfide) groups is 1. The van der Waals surface area contributed by atoms with Crippen LogP contribution < -0.4 is 5.32 Å². The summed E-state index contributed by atoms with van der Waals surface area (Å²) in [6, 6.07) is 16.9. The quantitative estimate of drug-likeness (QED) is 0.513. The van der Waals surface area contributed by atoms with Crippen LogP contribution in [0.15, 0.2) is 70.0 Å². The van der Waals surface area contributed by atoms with E-state index in [0.29, 0.717) is 28.3 Å². The second-order valence-electron chi connectivity index (χ2n) is 7.17. The Morgan fingerprint density at radius 1 is 1.06 bits per heavy atom. The third kappa shape index (κ3) is 4.73. The van der Waals surface area contributed by atoms with E-state index in [1.807, 2.05) is 0 Å². The maximum absolute atomic E-state index is 12.7. The minimum Gasteiger partial charge on any atom is -0.478 e. The molecule has 4 rings (SSSR count). The first-order valence-corrected chi connectivity index (χ1v) is 10.7. The molecule has 166 valence electrons. The summed E-state index contributed by atoms with van der Waals surface area (Å²) in [7, 11) is 0. The van der Waals surface area contributed by atoms with Gasteiger partial charge in [0.1, 0.15) is 18.1 Å². The van der Waals surface area contributed by atoms with Crippen molar-refractivity contribution in [3.05, 3.63) is 82.5 Å². The van der Waals surface area contributed by atoms with Gasteiger partial charge in [-0.05, 0) is 54.6 Å². The highest BCUT2D eigenvalue weighted by molar-refractivity contribution is 8.18. The van der Waals surface area contributed by atoms with E-state index in [1.54, 1.807) is 61.5 Å². The third-order valence-electron chi connectivity index (χ3n) is 4.96. The number of carboxylic acid groups (broad SMARTS) is 1. The van der Waals surface area contributed by atoms with E-state index >= 15 is 0 Å². The molecule has 1 aliphatic heterocycles. The summed E-state index contributed by atoms with van der Waals surface area (Å²) in [6.07, 6.45) is 1.43. The predicted molar refractivity (Wildman–Crippen MR) is 124 cm³/mol. The first-order chi connectivity index (χ1) is 15.8. The van der Waals surface area contributed by atoms with Gasteiger partial charge in [-0.25, -0.2) is 4.79 Å². The van der Waals surface area contributed by atoms with E-state index < -0.39 is 29.6 Å². The Balaban J connectivity index is 1.49. The van der Waals surface area contributed by atoms with Crippen molar-refractivity contribution in [2.24, 2.45) is 0 Å². The molecule has 0 unspecified atom stereocenters. The second-order valence-corrected chi connectivity index (χ2v) is 8.16. The van der Waals surface area contributed by atoms with Crippen LogP contribution in [0.1, 0.15) is 21.7 Å². The number of nitrogens with zero attached hydrogens (tertiary/aromatic N) is 1. The maximum atomic E-state index is 12.7.